The third kappa shape index (κ3) is 1.86. The summed E-state index contributed by atoms with van der Waals surface area (Å²) in [5, 5.41) is 9.61. The van der Waals surface area contributed by atoms with E-state index in [0.29, 0.717) is 0 Å². The first-order valence-electron chi connectivity index (χ1n) is 4.84. The predicted octanol–water partition coefficient (Wildman–Crippen LogP) is 2.06. The van der Waals surface area contributed by atoms with E-state index in [2.05, 4.69) is 0 Å². The zero-order valence-corrected chi connectivity index (χ0v) is 8.13. The smallest absolute Gasteiger partial charge is 0.118 e. The van der Waals surface area contributed by atoms with Crippen molar-refractivity contribution in [3.63, 3.8) is 0 Å². The van der Waals surface area contributed by atoms with Gasteiger partial charge in [-0.2, -0.15) is 0 Å². The molecule has 0 aromatic heterocycles. The number of hydrogen-bond donors (Lipinski definition) is 1. The minimum atomic E-state index is -0.481. The molecule has 0 amide bonds. The zero-order chi connectivity index (χ0) is 9.97. The fraction of sp³-hybridized carbons (Fsp3) is 0.333. The van der Waals surface area contributed by atoms with Gasteiger partial charge in [0.05, 0.1) is 0 Å². The molecule has 74 valence electrons. The summed E-state index contributed by atoms with van der Waals surface area (Å²) in [4.78, 5) is 0. The van der Waals surface area contributed by atoms with Gasteiger partial charge in [0.1, 0.15) is 18.3 Å². The van der Waals surface area contributed by atoms with Crippen LogP contribution in [0.15, 0.2) is 42.5 Å². The van der Waals surface area contributed by atoms with Crippen LogP contribution >= 0.6 is 0 Å². The van der Waals surface area contributed by atoms with Gasteiger partial charge < -0.3 is 9.84 Å². The summed E-state index contributed by atoms with van der Waals surface area (Å²) in [5.41, 5.74) is 1.14. The first-order chi connectivity index (χ1) is 6.83. The van der Waals surface area contributed by atoms with Crippen LogP contribution in [0.5, 0.6) is 0 Å². The molecule has 3 atom stereocenters. The van der Waals surface area contributed by atoms with Gasteiger partial charge in [-0.3, -0.25) is 0 Å². The number of epoxide rings is 1. The SMILES string of the molecule is C/C=C/[C@H](O)[C@@H]1O[C@H]1c1ccccc1. The van der Waals surface area contributed by atoms with Crippen LogP contribution < -0.4 is 0 Å². The Morgan fingerprint density at radius 3 is 2.71 bits per heavy atom. The van der Waals surface area contributed by atoms with E-state index in [9.17, 15) is 5.11 Å². The van der Waals surface area contributed by atoms with Crippen molar-refractivity contribution in [3.8, 4) is 0 Å². The van der Waals surface area contributed by atoms with Crippen LogP contribution in [-0.2, 0) is 4.74 Å². The van der Waals surface area contributed by atoms with Gasteiger partial charge in [0.2, 0.25) is 0 Å². The Hall–Kier alpha value is -1.12. The summed E-state index contributed by atoms with van der Waals surface area (Å²) in [5.74, 6) is 0. The van der Waals surface area contributed by atoms with Crippen molar-refractivity contribution in [1.82, 2.24) is 0 Å². The lowest BCUT2D eigenvalue weighted by Crippen LogP contribution is -2.11. The average Bonchev–Trinajstić information content (AvgIpc) is 2.99. The fourth-order valence-electron chi connectivity index (χ4n) is 1.60. The quantitative estimate of drug-likeness (QED) is 0.584. The molecule has 2 rings (SSSR count). The fourth-order valence-corrected chi connectivity index (χ4v) is 1.60. The Kier molecular flexibility index (Phi) is 2.66. The molecule has 2 heteroatoms. The number of rotatable bonds is 3. The first kappa shape index (κ1) is 9.44. The van der Waals surface area contributed by atoms with Gasteiger partial charge in [-0.25, -0.2) is 0 Å². The molecule has 1 aliphatic heterocycles. The summed E-state index contributed by atoms with van der Waals surface area (Å²) in [6.07, 6.45) is 3.13. The van der Waals surface area contributed by atoms with Crippen LogP contribution in [0, 0.1) is 0 Å². The monoisotopic (exact) mass is 190 g/mol. The van der Waals surface area contributed by atoms with Gasteiger partial charge in [0, 0.05) is 0 Å². The van der Waals surface area contributed by atoms with Crippen molar-refractivity contribution in [3.05, 3.63) is 48.0 Å². The third-order valence-electron chi connectivity index (χ3n) is 2.38. The maximum Gasteiger partial charge on any atom is 0.118 e. The number of aliphatic hydroxyl groups excluding tert-OH is 1. The maximum absolute atomic E-state index is 9.61. The summed E-state index contributed by atoms with van der Waals surface area (Å²) in [6, 6.07) is 9.98. The lowest BCUT2D eigenvalue weighted by atomic mass is 10.1. The molecule has 14 heavy (non-hydrogen) atoms. The van der Waals surface area contributed by atoms with Crippen molar-refractivity contribution < 1.29 is 9.84 Å². The van der Waals surface area contributed by atoms with E-state index in [1.165, 1.54) is 0 Å². The van der Waals surface area contributed by atoms with Crippen molar-refractivity contribution in [2.24, 2.45) is 0 Å². The summed E-state index contributed by atoms with van der Waals surface area (Å²) in [6.45, 7) is 1.89. The molecule has 0 spiro atoms. The minimum absolute atomic E-state index is 0.0615. The van der Waals surface area contributed by atoms with E-state index < -0.39 is 6.10 Å². The molecule has 1 saturated heterocycles. The highest BCUT2D eigenvalue weighted by Gasteiger charge is 2.44. The lowest BCUT2D eigenvalue weighted by molar-refractivity contribution is 0.177. The van der Waals surface area contributed by atoms with Crippen LogP contribution in [0.1, 0.15) is 18.6 Å². The van der Waals surface area contributed by atoms with Crippen molar-refractivity contribution in [2.75, 3.05) is 0 Å². The van der Waals surface area contributed by atoms with E-state index >= 15 is 0 Å². The average molecular weight is 190 g/mol. The molecular formula is C12H14O2. The van der Waals surface area contributed by atoms with Gasteiger partial charge >= 0.3 is 0 Å². The molecule has 0 bridgehead atoms. The lowest BCUT2D eigenvalue weighted by Gasteiger charge is -1.99. The zero-order valence-electron chi connectivity index (χ0n) is 8.13. The van der Waals surface area contributed by atoms with Crippen molar-refractivity contribution in [2.45, 2.75) is 25.2 Å². The van der Waals surface area contributed by atoms with Crippen molar-refractivity contribution >= 4 is 0 Å². The third-order valence-corrected chi connectivity index (χ3v) is 2.38. The van der Waals surface area contributed by atoms with Gasteiger partial charge in [-0.05, 0) is 12.5 Å². The van der Waals surface area contributed by atoms with Crippen LogP contribution in [0.3, 0.4) is 0 Å². The molecule has 1 aromatic carbocycles. The Morgan fingerprint density at radius 1 is 1.36 bits per heavy atom. The first-order valence-corrected chi connectivity index (χ1v) is 4.84. The molecule has 0 saturated carbocycles. The molecule has 1 heterocycles. The molecule has 1 aromatic rings. The van der Waals surface area contributed by atoms with Gasteiger partial charge in [-0.1, -0.05) is 42.5 Å². The van der Waals surface area contributed by atoms with E-state index in [-0.39, 0.29) is 12.2 Å². The molecule has 1 aliphatic rings. The molecule has 1 N–H and O–H groups in total. The van der Waals surface area contributed by atoms with Crippen LogP contribution in [-0.4, -0.2) is 17.3 Å². The highest BCUT2D eigenvalue weighted by molar-refractivity contribution is 5.23. The van der Waals surface area contributed by atoms with E-state index in [0.717, 1.165) is 5.56 Å². The second-order valence-electron chi connectivity index (χ2n) is 3.45. The molecule has 0 radical (unpaired) electrons. The predicted molar refractivity (Wildman–Crippen MR) is 54.9 cm³/mol. The topological polar surface area (TPSA) is 32.8 Å². The summed E-state index contributed by atoms with van der Waals surface area (Å²) < 4.78 is 5.42. The Morgan fingerprint density at radius 2 is 2.07 bits per heavy atom. The van der Waals surface area contributed by atoms with Gasteiger partial charge in [0.15, 0.2) is 0 Å². The van der Waals surface area contributed by atoms with Gasteiger partial charge in [-0.15, -0.1) is 0 Å². The van der Waals surface area contributed by atoms with Gasteiger partial charge in [0.25, 0.3) is 0 Å². The minimum Gasteiger partial charge on any atom is -0.386 e. The highest BCUT2D eigenvalue weighted by atomic mass is 16.6. The number of aliphatic hydroxyl groups is 1. The second-order valence-corrected chi connectivity index (χ2v) is 3.45. The maximum atomic E-state index is 9.61. The standard InChI is InChI=1S/C12H14O2/c1-2-6-10(13)12-11(14-12)9-7-4-3-5-8-9/h2-8,10-13H,1H3/b6-2+/t10-,11-,12-/m0/s1. The summed E-state index contributed by atoms with van der Waals surface area (Å²) in [7, 11) is 0. The number of benzene rings is 1. The number of allylic oxidation sites excluding steroid dienone is 1. The second kappa shape index (κ2) is 3.95. The molecular weight excluding hydrogens is 176 g/mol. The van der Waals surface area contributed by atoms with E-state index in [4.69, 9.17) is 4.74 Å². The van der Waals surface area contributed by atoms with Crippen LogP contribution in [0.25, 0.3) is 0 Å². The molecule has 0 unspecified atom stereocenters. The summed E-state index contributed by atoms with van der Waals surface area (Å²) >= 11 is 0. The highest BCUT2D eigenvalue weighted by Crippen LogP contribution is 2.40. The largest absolute Gasteiger partial charge is 0.386 e. The normalized spacial score (nSPS) is 27.9. The molecule has 0 aliphatic carbocycles. The van der Waals surface area contributed by atoms with E-state index in [1.54, 1.807) is 6.08 Å². The Bertz CT molecular complexity index is 318. The van der Waals surface area contributed by atoms with E-state index in [1.807, 2.05) is 43.3 Å². The Balaban J connectivity index is 2.00. The molecule has 2 nitrogen and oxygen atoms in total. The molecule has 1 fully saturated rings. The van der Waals surface area contributed by atoms with Crippen LogP contribution in [0.2, 0.25) is 0 Å². The van der Waals surface area contributed by atoms with Crippen molar-refractivity contribution in [1.29, 1.82) is 0 Å². The number of hydrogen-bond acceptors (Lipinski definition) is 2. The van der Waals surface area contributed by atoms with Crippen LogP contribution in [0.4, 0.5) is 0 Å². The number of ether oxygens (including phenoxy) is 1. The Labute approximate surface area is 83.8 Å².